The highest BCUT2D eigenvalue weighted by molar-refractivity contribution is 5.93. The lowest BCUT2D eigenvalue weighted by atomic mass is 10.2. The van der Waals surface area contributed by atoms with Crippen molar-refractivity contribution < 1.29 is 19.4 Å². The van der Waals surface area contributed by atoms with Crippen molar-refractivity contribution in [1.82, 2.24) is 0 Å². The highest BCUT2D eigenvalue weighted by atomic mass is 16.5. The number of rotatable bonds is 5. The van der Waals surface area contributed by atoms with Crippen LogP contribution in [0, 0.1) is 0 Å². The second-order valence-corrected chi connectivity index (χ2v) is 3.52. The van der Waals surface area contributed by atoms with Gasteiger partial charge < -0.3 is 14.7 Å². The molecule has 0 saturated carbocycles. The molecule has 1 aromatic rings. The number of carboxylic acids is 1. The number of carbonyl (C=O) groups excluding carboxylic acids is 1. The van der Waals surface area contributed by atoms with Crippen LogP contribution in [0.15, 0.2) is 24.3 Å². The van der Waals surface area contributed by atoms with E-state index in [0.717, 1.165) is 0 Å². The van der Waals surface area contributed by atoms with Crippen molar-refractivity contribution in [2.75, 3.05) is 25.2 Å². The van der Waals surface area contributed by atoms with Gasteiger partial charge in [-0.25, -0.2) is 4.79 Å². The quantitative estimate of drug-likeness (QED) is 0.840. The molecule has 0 radical (unpaired) electrons. The third-order valence-electron chi connectivity index (χ3n) is 2.33. The number of anilines is 1. The van der Waals surface area contributed by atoms with E-state index < -0.39 is 5.97 Å². The summed E-state index contributed by atoms with van der Waals surface area (Å²) in [6, 6.07) is 6.17. The Morgan fingerprint density at radius 1 is 1.29 bits per heavy atom. The number of methoxy groups -OCH3 is 1. The molecule has 5 nitrogen and oxygen atoms in total. The average molecular weight is 237 g/mol. The summed E-state index contributed by atoms with van der Waals surface area (Å²) in [5.41, 5.74) is 0.864. The van der Waals surface area contributed by atoms with Gasteiger partial charge in [-0.15, -0.1) is 0 Å². The fourth-order valence-electron chi connectivity index (χ4n) is 1.43. The molecule has 0 aliphatic rings. The molecular weight excluding hydrogens is 222 g/mol. The van der Waals surface area contributed by atoms with Crippen LogP contribution in [0.3, 0.4) is 0 Å². The van der Waals surface area contributed by atoms with E-state index in [0.29, 0.717) is 18.8 Å². The first kappa shape index (κ1) is 13.2. The molecule has 1 N–H and O–H groups in total. The van der Waals surface area contributed by atoms with Crippen molar-refractivity contribution in [3.8, 4) is 0 Å². The van der Waals surface area contributed by atoms with E-state index in [1.54, 1.807) is 19.2 Å². The Bertz CT molecular complexity index is 399. The lowest BCUT2D eigenvalue weighted by molar-refractivity contribution is -0.116. The summed E-state index contributed by atoms with van der Waals surface area (Å²) in [5.74, 6) is -1.09. The number of hydrogen-bond acceptors (Lipinski definition) is 3. The third kappa shape index (κ3) is 3.57. The van der Waals surface area contributed by atoms with Crippen LogP contribution in [-0.2, 0) is 9.53 Å². The van der Waals surface area contributed by atoms with E-state index in [1.165, 1.54) is 24.0 Å². The van der Waals surface area contributed by atoms with Gasteiger partial charge in [-0.1, -0.05) is 0 Å². The molecule has 92 valence electrons. The molecule has 0 fully saturated rings. The topological polar surface area (TPSA) is 66.8 Å². The van der Waals surface area contributed by atoms with Gasteiger partial charge in [-0.2, -0.15) is 0 Å². The van der Waals surface area contributed by atoms with Crippen molar-refractivity contribution >= 4 is 17.6 Å². The van der Waals surface area contributed by atoms with Crippen molar-refractivity contribution in [1.29, 1.82) is 0 Å². The van der Waals surface area contributed by atoms with E-state index in [4.69, 9.17) is 9.84 Å². The zero-order valence-corrected chi connectivity index (χ0v) is 9.84. The number of carbonyl (C=O) groups is 2. The SMILES string of the molecule is COCCN(C(C)=O)c1ccc(C(=O)O)cc1. The zero-order valence-electron chi connectivity index (χ0n) is 9.84. The van der Waals surface area contributed by atoms with Crippen LogP contribution in [0.2, 0.25) is 0 Å². The maximum Gasteiger partial charge on any atom is 0.335 e. The van der Waals surface area contributed by atoms with Gasteiger partial charge in [-0.3, -0.25) is 4.79 Å². The summed E-state index contributed by atoms with van der Waals surface area (Å²) in [5, 5.41) is 8.76. The average Bonchev–Trinajstić information content (AvgIpc) is 2.29. The standard InChI is InChI=1S/C12H15NO4/c1-9(14)13(7-8-17-2)11-5-3-10(4-6-11)12(15)16/h3-6H,7-8H2,1-2H3,(H,15,16). The summed E-state index contributed by atoms with van der Waals surface area (Å²) in [4.78, 5) is 23.6. The summed E-state index contributed by atoms with van der Waals surface area (Å²) in [6.07, 6.45) is 0. The highest BCUT2D eigenvalue weighted by Crippen LogP contribution is 2.15. The summed E-state index contributed by atoms with van der Waals surface area (Å²) < 4.78 is 4.92. The smallest absolute Gasteiger partial charge is 0.335 e. The van der Waals surface area contributed by atoms with Gasteiger partial charge in [0, 0.05) is 26.3 Å². The van der Waals surface area contributed by atoms with Crippen LogP contribution in [-0.4, -0.2) is 37.2 Å². The lowest BCUT2D eigenvalue weighted by Crippen LogP contribution is -2.31. The van der Waals surface area contributed by atoms with Crippen molar-refractivity contribution in [2.45, 2.75) is 6.92 Å². The highest BCUT2D eigenvalue weighted by Gasteiger charge is 2.11. The van der Waals surface area contributed by atoms with E-state index in [1.807, 2.05) is 0 Å². The van der Waals surface area contributed by atoms with Gasteiger partial charge in [0.15, 0.2) is 0 Å². The first-order chi connectivity index (χ1) is 8.06. The van der Waals surface area contributed by atoms with Crippen molar-refractivity contribution in [3.05, 3.63) is 29.8 Å². The van der Waals surface area contributed by atoms with Gasteiger partial charge >= 0.3 is 5.97 Å². The molecule has 1 amide bonds. The minimum atomic E-state index is -0.984. The molecule has 5 heteroatoms. The van der Waals surface area contributed by atoms with E-state index in [-0.39, 0.29) is 11.5 Å². The van der Waals surface area contributed by atoms with Crippen LogP contribution in [0.25, 0.3) is 0 Å². The van der Waals surface area contributed by atoms with Crippen LogP contribution >= 0.6 is 0 Å². The summed E-state index contributed by atoms with van der Waals surface area (Å²) >= 11 is 0. The van der Waals surface area contributed by atoms with Crippen LogP contribution in [0.1, 0.15) is 17.3 Å². The fraction of sp³-hybridized carbons (Fsp3) is 0.333. The van der Waals surface area contributed by atoms with E-state index in [9.17, 15) is 9.59 Å². The number of nitrogens with zero attached hydrogens (tertiary/aromatic N) is 1. The Labute approximate surface area is 99.6 Å². The Hall–Kier alpha value is -1.88. The van der Waals surface area contributed by atoms with E-state index in [2.05, 4.69) is 0 Å². The first-order valence-electron chi connectivity index (χ1n) is 5.16. The Morgan fingerprint density at radius 3 is 2.29 bits per heavy atom. The van der Waals surface area contributed by atoms with Crippen LogP contribution in [0.4, 0.5) is 5.69 Å². The number of amides is 1. The zero-order chi connectivity index (χ0) is 12.8. The van der Waals surface area contributed by atoms with Gasteiger partial charge in [0.25, 0.3) is 0 Å². The maximum absolute atomic E-state index is 11.4. The summed E-state index contributed by atoms with van der Waals surface area (Å²) in [6.45, 7) is 2.33. The largest absolute Gasteiger partial charge is 0.478 e. The molecule has 0 atom stereocenters. The molecular formula is C12H15NO4. The number of carboxylic acid groups (broad SMARTS) is 1. The molecule has 1 aromatic carbocycles. The minimum absolute atomic E-state index is 0.106. The molecule has 17 heavy (non-hydrogen) atoms. The maximum atomic E-state index is 11.4. The third-order valence-corrected chi connectivity index (χ3v) is 2.33. The fourth-order valence-corrected chi connectivity index (χ4v) is 1.43. The second kappa shape index (κ2) is 6.00. The van der Waals surface area contributed by atoms with Gasteiger partial charge in [0.2, 0.25) is 5.91 Å². The predicted octanol–water partition coefficient (Wildman–Crippen LogP) is 1.38. The van der Waals surface area contributed by atoms with Crippen LogP contribution < -0.4 is 4.90 Å². The first-order valence-corrected chi connectivity index (χ1v) is 5.16. The summed E-state index contributed by atoms with van der Waals surface area (Å²) in [7, 11) is 1.56. The molecule has 1 rings (SSSR count). The Kier molecular flexibility index (Phi) is 4.66. The molecule has 0 aromatic heterocycles. The Balaban J connectivity index is 2.87. The van der Waals surface area contributed by atoms with Gasteiger partial charge in [-0.05, 0) is 24.3 Å². The molecule has 0 aliphatic heterocycles. The number of ether oxygens (including phenoxy) is 1. The number of hydrogen-bond donors (Lipinski definition) is 1. The number of benzene rings is 1. The molecule has 0 heterocycles. The molecule has 0 aliphatic carbocycles. The minimum Gasteiger partial charge on any atom is -0.478 e. The molecule has 0 unspecified atom stereocenters. The van der Waals surface area contributed by atoms with Gasteiger partial charge in [0.05, 0.1) is 12.2 Å². The molecule has 0 spiro atoms. The predicted molar refractivity (Wildman–Crippen MR) is 63.3 cm³/mol. The number of aromatic carboxylic acids is 1. The van der Waals surface area contributed by atoms with Crippen LogP contribution in [0.5, 0.6) is 0 Å². The lowest BCUT2D eigenvalue weighted by Gasteiger charge is -2.20. The second-order valence-electron chi connectivity index (χ2n) is 3.52. The molecule has 0 bridgehead atoms. The van der Waals surface area contributed by atoms with Crippen molar-refractivity contribution in [2.24, 2.45) is 0 Å². The monoisotopic (exact) mass is 237 g/mol. The van der Waals surface area contributed by atoms with E-state index >= 15 is 0 Å². The van der Waals surface area contributed by atoms with Crippen molar-refractivity contribution in [3.63, 3.8) is 0 Å². The normalized spacial score (nSPS) is 10.0. The molecule has 0 saturated heterocycles. The Morgan fingerprint density at radius 2 is 1.88 bits per heavy atom. The van der Waals surface area contributed by atoms with Gasteiger partial charge in [0.1, 0.15) is 0 Å².